The molecule has 0 bridgehead atoms. The first-order valence-corrected chi connectivity index (χ1v) is 5.76. The van der Waals surface area contributed by atoms with E-state index in [1.807, 2.05) is 33.8 Å². The number of nitrogens with two attached hydrogens (primary N) is 1. The maximum Gasteiger partial charge on any atom is 0.435 e. The van der Waals surface area contributed by atoms with Crippen molar-refractivity contribution in [3.8, 4) is 0 Å². The molecule has 1 heterocycles. The van der Waals surface area contributed by atoms with Gasteiger partial charge in [-0.1, -0.05) is 0 Å². The number of hydrogen-bond acceptors (Lipinski definition) is 4. The molecule has 0 aliphatic carbocycles. The van der Waals surface area contributed by atoms with E-state index < -0.39 is 11.7 Å². The molecule has 0 aliphatic heterocycles. The van der Waals surface area contributed by atoms with E-state index in [0.29, 0.717) is 11.2 Å². The fourth-order valence-corrected chi connectivity index (χ4v) is 1.74. The normalized spacial score (nSPS) is 11.8. The Morgan fingerprint density at radius 2 is 2.06 bits per heavy atom. The lowest BCUT2D eigenvalue weighted by Gasteiger charge is -2.19. The summed E-state index contributed by atoms with van der Waals surface area (Å²) in [6.07, 6.45) is 1.14. The Balaban J connectivity index is 2.52. The SMILES string of the molecule is Cc1c(N)ccc2cnn(C(=O)OC(C)(C)C)c12. The molecule has 0 atom stereocenters. The van der Waals surface area contributed by atoms with E-state index in [9.17, 15) is 4.79 Å². The summed E-state index contributed by atoms with van der Waals surface area (Å²) in [6.45, 7) is 7.31. The van der Waals surface area contributed by atoms with Gasteiger partial charge in [-0.2, -0.15) is 9.78 Å². The Morgan fingerprint density at radius 1 is 1.39 bits per heavy atom. The molecule has 2 aromatic rings. The Hall–Kier alpha value is -2.04. The third kappa shape index (κ3) is 2.16. The van der Waals surface area contributed by atoms with E-state index in [1.165, 1.54) is 4.68 Å². The number of nitrogen functional groups attached to an aromatic ring is 1. The standard InChI is InChI=1S/C13H17N3O2/c1-8-10(14)6-5-9-7-15-16(11(8)9)12(17)18-13(2,3)4/h5-7H,14H2,1-4H3. The van der Waals surface area contributed by atoms with Crippen molar-refractivity contribution in [2.45, 2.75) is 33.3 Å². The molecule has 96 valence electrons. The smallest absolute Gasteiger partial charge is 0.435 e. The lowest BCUT2D eigenvalue weighted by Crippen LogP contribution is -2.27. The van der Waals surface area contributed by atoms with Gasteiger partial charge in [0, 0.05) is 11.1 Å². The maximum absolute atomic E-state index is 12.0. The van der Waals surface area contributed by atoms with Crippen LogP contribution in [0.4, 0.5) is 10.5 Å². The van der Waals surface area contributed by atoms with Gasteiger partial charge in [0.15, 0.2) is 0 Å². The van der Waals surface area contributed by atoms with E-state index in [4.69, 9.17) is 10.5 Å². The zero-order valence-corrected chi connectivity index (χ0v) is 11.0. The van der Waals surface area contributed by atoms with Gasteiger partial charge >= 0.3 is 6.09 Å². The molecule has 0 amide bonds. The molecule has 0 spiro atoms. The first-order valence-electron chi connectivity index (χ1n) is 5.76. The van der Waals surface area contributed by atoms with Crippen molar-refractivity contribution in [3.63, 3.8) is 0 Å². The zero-order valence-electron chi connectivity index (χ0n) is 11.0. The van der Waals surface area contributed by atoms with Crippen molar-refractivity contribution < 1.29 is 9.53 Å². The van der Waals surface area contributed by atoms with Gasteiger partial charge in [-0.3, -0.25) is 0 Å². The Kier molecular flexibility index (Phi) is 2.77. The summed E-state index contributed by atoms with van der Waals surface area (Å²) in [5, 5.41) is 4.94. The third-order valence-electron chi connectivity index (χ3n) is 2.59. The quantitative estimate of drug-likeness (QED) is 0.727. The second kappa shape index (κ2) is 4.01. The largest absolute Gasteiger partial charge is 0.442 e. The van der Waals surface area contributed by atoms with Crippen LogP contribution in [-0.4, -0.2) is 21.5 Å². The molecule has 0 saturated carbocycles. The fraction of sp³-hybridized carbons (Fsp3) is 0.385. The van der Waals surface area contributed by atoms with Gasteiger partial charge in [0.05, 0.1) is 11.7 Å². The van der Waals surface area contributed by atoms with Gasteiger partial charge in [0.1, 0.15) is 5.60 Å². The summed E-state index contributed by atoms with van der Waals surface area (Å²) in [7, 11) is 0. The first kappa shape index (κ1) is 12.4. The van der Waals surface area contributed by atoms with Gasteiger partial charge in [-0.15, -0.1) is 0 Å². The van der Waals surface area contributed by atoms with E-state index in [1.54, 1.807) is 12.3 Å². The van der Waals surface area contributed by atoms with E-state index >= 15 is 0 Å². The topological polar surface area (TPSA) is 70.1 Å². The molecule has 2 N–H and O–H groups in total. The van der Waals surface area contributed by atoms with Crippen LogP contribution in [0.5, 0.6) is 0 Å². The van der Waals surface area contributed by atoms with Crippen LogP contribution in [-0.2, 0) is 4.74 Å². The molecule has 1 aromatic carbocycles. The van der Waals surface area contributed by atoms with Crippen molar-refractivity contribution in [3.05, 3.63) is 23.9 Å². The molecule has 0 saturated heterocycles. The van der Waals surface area contributed by atoms with Crippen LogP contribution in [0.15, 0.2) is 18.3 Å². The van der Waals surface area contributed by atoms with E-state index in [0.717, 1.165) is 10.9 Å². The molecule has 0 radical (unpaired) electrons. The van der Waals surface area contributed by atoms with Crippen molar-refractivity contribution in [1.29, 1.82) is 0 Å². The van der Waals surface area contributed by atoms with Crippen LogP contribution < -0.4 is 5.73 Å². The average molecular weight is 247 g/mol. The number of ether oxygens (including phenoxy) is 1. The number of anilines is 1. The van der Waals surface area contributed by atoms with Crippen LogP contribution in [0, 0.1) is 6.92 Å². The summed E-state index contributed by atoms with van der Waals surface area (Å²) in [5.41, 5.74) is 7.46. The van der Waals surface area contributed by atoms with E-state index in [-0.39, 0.29) is 0 Å². The van der Waals surface area contributed by atoms with Crippen LogP contribution in [0.1, 0.15) is 26.3 Å². The highest BCUT2D eigenvalue weighted by molar-refractivity contribution is 5.92. The van der Waals surface area contributed by atoms with Crippen molar-refractivity contribution in [1.82, 2.24) is 9.78 Å². The average Bonchev–Trinajstić information content (AvgIpc) is 2.65. The summed E-state index contributed by atoms with van der Waals surface area (Å²) in [6, 6.07) is 3.64. The molecule has 0 unspecified atom stereocenters. The minimum atomic E-state index is -0.552. The van der Waals surface area contributed by atoms with Crippen LogP contribution in [0.3, 0.4) is 0 Å². The number of carbonyl (C=O) groups excluding carboxylic acids is 1. The Bertz CT molecular complexity index is 608. The Labute approximate surface area is 106 Å². The van der Waals surface area contributed by atoms with Crippen LogP contribution in [0.25, 0.3) is 10.9 Å². The highest BCUT2D eigenvalue weighted by atomic mass is 16.6. The Morgan fingerprint density at radius 3 is 2.67 bits per heavy atom. The van der Waals surface area contributed by atoms with E-state index in [2.05, 4.69) is 5.10 Å². The molecular formula is C13H17N3O2. The summed E-state index contributed by atoms with van der Waals surface area (Å²) in [4.78, 5) is 12.0. The third-order valence-corrected chi connectivity index (χ3v) is 2.59. The molecule has 5 heteroatoms. The number of rotatable bonds is 0. The second-order valence-electron chi connectivity index (χ2n) is 5.25. The van der Waals surface area contributed by atoms with Crippen molar-refractivity contribution in [2.24, 2.45) is 0 Å². The molecule has 1 aromatic heterocycles. The fourth-order valence-electron chi connectivity index (χ4n) is 1.74. The lowest BCUT2D eigenvalue weighted by atomic mass is 10.1. The monoisotopic (exact) mass is 247 g/mol. The molecule has 0 aliphatic rings. The number of aromatic nitrogens is 2. The zero-order chi connectivity index (χ0) is 13.5. The van der Waals surface area contributed by atoms with Crippen LogP contribution >= 0.6 is 0 Å². The number of hydrogen-bond donors (Lipinski definition) is 1. The summed E-state index contributed by atoms with van der Waals surface area (Å²) >= 11 is 0. The predicted molar refractivity (Wildman–Crippen MR) is 70.5 cm³/mol. The highest BCUT2D eigenvalue weighted by Gasteiger charge is 2.21. The second-order valence-corrected chi connectivity index (χ2v) is 5.25. The number of benzene rings is 1. The number of nitrogens with zero attached hydrogens (tertiary/aromatic N) is 2. The van der Waals surface area contributed by atoms with Gasteiger partial charge in [-0.25, -0.2) is 4.79 Å². The molecule has 5 nitrogen and oxygen atoms in total. The molecular weight excluding hydrogens is 230 g/mol. The number of fused-ring (bicyclic) bond motifs is 1. The van der Waals surface area contributed by atoms with Crippen molar-refractivity contribution in [2.75, 3.05) is 5.73 Å². The van der Waals surface area contributed by atoms with Gasteiger partial charge in [-0.05, 0) is 45.4 Å². The number of aryl methyl sites for hydroxylation is 1. The maximum atomic E-state index is 12.0. The lowest BCUT2D eigenvalue weighted by molar-refractivity contribution is 0.0522. The van der Waals surface area contributed by atoms with Crippen molar-refractivity contribution >= 4 is 22.7 Å². The van der Waals surface area contributed by atoms with Gasteiger partial charge in [0.25, 0.3) is 0 Å². The summed E-state index contributed by atoms with van der Waals surface area (Å²) < 4.78 is 6.56. The minimum absolute atomic E-state index is 0.494. The summed E-state index contributed by atoms with van der Waals surface area (Å²) in [5.74, 6) is 0. The molecule has 0 fully saturated rings. The minimum Gasteiger partial charge on any atom is -0.442 e. The van der Waals surface area contributed by atoms with Gasteiger partial charge in [0.2, 0.25) is 0 Å². The highest BCUT2D eigenvalue weighted by Crippen LogP contribution is 2.24. The first-order chi connectivity index (χ1) is 8.29. The van der Waals surface area contributed by atoms with Gasteiger partial charge < -0.3 is 10.5 Å². The molecule has 2 rings (SSSR count). The predicted octanol–water partition coefficient (Wildman–Crippen LogP) is 2.71. The molecule has 18 heavy (non-hydrogen) atoms. The van der Waals surface area contributed by atoms with Crippen LogP contribution in [0.2, 0.25) is 0 Å². The number of carbonyl (C=O) groups is 1.